The predicted octanol–water partition coefficient (Wildman–Crippen LogP) is 12.6. The summed E-state index contributed by atoms with van der Waals surface area (Å²) in [4.78, 5) is 37.0. The molecule has 6 unspecified atom stereocenters. The van der Waals surface area contributed by atoms with Crippen molar-refractivity contribution in [2.24, 2.45) is 0 Å². The van der Waals surface area contributed by atoms with Gasteiger partial charge in [-0.25, -0.2) is 4.79 Å². The Morgan fingerprint density at radius 2 is 0.746 bits per heavy atom. The zero-order valence-corrected chi connectivity index (χ0v) is 40.6. The van der Waals surface area contributed by atoms with Crippen molar-refractivity contribution >= 4 is 17.9 Å². The molecule has 63 heavy (non-hydrogen) atoms. The summed E-state index contributed by atoms with van der Waals surface area (Å²) in [5.74, 6) is -2.42. The number of carbonyl (C=O) groups excluding carboxylic acids is 2. The average Bonchev–Trinajstić information content (AvgIpc) is 3.27. The smallest absolute Gasteiger partial charge is 0.335 e. The number of aliphatic hydroxyl groups excluding tert-OH is 3. The molecule has 0 aliphatic carbocycles. The molecule has 1 saturated heterocycles. The van der Waals surface area contributed by atoms with Crippen LogP contribution < -0.4 is 0 Å². The molecule has 0 aromatic rings. The third-order valence-electron chi connectivity index (χ3n) is 12.7. The van der Waals surface area contributed by atoms with Gasteiger partial charge in [-0.3, -0.25) is 9.59 Å². The minimum atomic E-state index is -1.86. The lowest BCUT2D eigenvalue weighted by molar-refractivity contribution is -0.298. The summed E-state index contributed by atoms with van der Waals surface area (Å²) in [5, 5.41) is 39.9. The second-order valence-corrected chi connectivity index (χ2v) is 18.7. The number of rotatable bonds is 46. The summed E-state index contributed by atoms with van der Waals surface area (Å²) in [6.45, 7) is 3.87. The van der Waals surface area contributed by atoms with Crippen LogP contribution in [-0.4, -0.2) is 88.4 Å². The molecule has 11 heteroatoms. The van der Waals surface area contributed by atoms with Gasteiger partial charge in [0.05, 0.1) is 6.61 Å². The highest BCUT2D eigenvalue weighted by molar-refractivity contribution is 5.73. The van der Waals surface area contributed by atoms with Gasteiger partial charge in [-0.15, -0.1) is 0 Å². The van der Waals surface area contributed by atoms with Gasteiger partial charge >= 0.3 is 17.9 Å². The summed E-state index contributed by atoms with van der Waals surface area (Å²) < 4.78 is 21.8. The summed E-state index contributed by atoms with van der Waals surface area (Å²) in [6, 6.07) is 0. The molecule has 1 aliphatic heterocycles. The second kappa shape index (κ2) is 42.8. The van der Waals surface area contributed by atoms with E-state index in [0.29, 0.717) is 12.8 Å². The Labute approximate surface area is 384 Å². The molecule has 1 rings (SSSR count). The SMILES string of the molecule is CCCCCCCCCCCCCCCCCCCCCCCC(=O)OCC(COC1OC(C(=O)O)C(O)C(O)C1O)OC(=O)CCCCCCCCCCCCCCCCCC. The number of hydrogen-bond donors (Lipinski definition) is 4. The molecule has 0 aromatic heterocycles. The van der Waals surface area contributed by atoms with E-state index in [0.717, 1.165) is 38.5 Å². The van der Waals surface area contributed by atoms with Crippen molar-refractivity contribution in [2.45, 2.75) is 301 Å². The van der Waals surface area contributed by atoms with Gasteiger partial charge in [-0.1, -0.05) is 239 Å². The highest BCUT2D eigenvalue weighted by atomic mass is 16.7. The molecule has 4 N–H and O–H groups in total. The Morgan fingerprint density at radius 3 is 1.08 bits per heavy atom. The van der Waals surface area contributed by atoms with E-state index in [1.165, 1.54) is 186 Å². The van der Waals surface area contributed by atoms with Crippen LogP contribution in [0.2, 0.25) is 0 Å². The van der Waals surface area contributed by atoms with E-state index in [1.54, 1.807) is 0 Å². The number of hydrogen-bond acceptors (Lipinski definition) is 10. The Hall–Kier alpha value is -1.79. The molecule has 0 saturated carbocycles. The van der Waals surface area contributed by atoms with E-state index in [4.69, 9.17) is 18.9 Å². The molecule has 0 amide bonds. The number of esters is 2. The third-order valence-corrected chi connectivity index (χ3v) is 12.7. The summed E-state index contributed by atoms with van der Waals surface area (Å²) >= 11 is 0. The van der Waals surface area contributed by atoms with Crippen LogP contribution in [-0.2, 0) is 33.3 Å². The summed E-state index contributed by atoms with van der Waals surface area (Å²) in [7, 11) is 0. The first kappa shape index (κ1) is 59.2. The molecular weight excluding hydrogens is 801 g/mol. The lowest BCUT2D eigenvalue weighted by atomic mass is 9.99. The molecule has 11 nitrogen and oxygen atoms in total. The molecule has 1 aliphatic rings. The first-order valence-electron chi connectivity index (χ1n) is 26.6. The van der Waals surface area contributed by atoms with Crippen molar-refractivity contribution in [1.82, 2.24) is 0 Å². The summed E-state index contributed by atoms with van der Waals surface area (Å²) in [5.41, 5.74) is 0. The lowest BCUT2D eigenvalue weighted by Crippen LogP contribution is -2.60. The van der Waals surface area contributed by atoms with Gasteiger partial charge in [0.1, 0.15) is 24.9 Å². The van der Waals surface area contributed by atoms with E-state index in [1.807, 2.05) is 0 Å². The molecule has 6 atom stereocenters. The Balaban J connectivity index is 2.25. The predicted molar refractivity (Wildman–Crippen MR) is 253 cm³/mol. The number of ether oxygens (including phenoxy) is 4. The van der Waals surface area contributed by atoms with Gasteiger partial charge in [0.2, 0.25) is 0 Å². The van der Waals surface area contributed by atoms with Gasteiger partial charge in [0.25, 0.3) is 0 Å². The molecular formula is C52H98O11. The van der Waals surface area contributed by atoms with E-state index in [2.05, 4.69) is 13.8 Å². The maximum Gasteiger partial charge on any atom is 0.335 e. The zero-order valence-electron chi connectivity index (χ0n) is 40.6. The number of aliphatic hydroxyl groups is 3. The topological polar surface area (TPSA) is 169 Å². The zero-order chi connectivity index (χ0) is 46.0. The van der Waals surface area contributed by atoms with Crippen LogP contribution >= 0.6 is 0 Å². The van der Waals surface area contributed by atoms with Crippen molar-refractivity contribution < 1.29 is 53.8 Å². The van der Waals surface area contributed by atoms with Crippen LogP contribution in [0, 0.1) is 0 Å². The van der Waals surface area contributed by atoms with Crippen molar-refractivity contribution in [3.63, 3.8) is 0 Å². The van der Waals surface area contributed by atoms with Crippen molar-refractivity contribution in [2.75, 3.05) is 13.2 Å². The van der Waals surface area contributed by atoms with Crippen LogP contribution in [0.5, 0.6) is 0 Å². The second-order valence-electron chi connectivity index (χ2n) is 18.7. The first-order valence-corrected chi connectivity index (χ1v) is 26.6. The minimum Gasteiger partial charge on any atom is -0.479 e. The fourth-order valence-corrected chi connectivity index (χ4v) is 8.53. The first-order chi connectivity index (χ1) is 30.7. The van der Waals surface area contributed by atoms with Crippen LogP contribution in [0.4, 0.5) is 0 Å². The minimum absolute atomic E-state index is 0.191. The third kappa shape index (κ3) is 34.2. The van der Waals surface area contributed by atoms with E-state index in [-0.39, 0.29) is 26.1 Å². The maximum absolute atomic E-state index is 12.8. The highest BCUT2D eigenvalue weighted by Crippen LogP contribution is 2.23. The molecule has 372 valence electrons. The normalized spacial score (nSPS) is 19.3. The van der Waals surface area contributed by atoms with Gasteiger partial charge in [-0.2, -0.15) is 0 Å². The van der Waals surface area contributed by atoms with Crippen LogP contribution in [0.1, 0.15) is 264 Å². The Morgan fingerprint density at radius 1 is 0.429 bits per heavy atom. The van der Waals surface area contributed by atoms with Crippen molar-refractivity contribution in [3.8, 4) is 0 Å². The van der Waals surface area contributed by atoms with Gasteiger partial charge in [0, 0.05) is 12.8 Å². The van der Waals surface area contributed by atoms with E-state index in [9.17, 15) is 34.8 Å². The number of unbranched alkanes of at least 4 members (excludes halogenated alkanes) is 35. The average molecular weight is 899 g/mol. The number of carboxylic acid groups (broad SMARTS) is 1. The fourth-order valence-electron chi connectivity index (χ4n) is 8.53. The van der Waals surface area contributed by atoms with Crippen LogP contribution in [0.25, 0.3) is 0 Å². The lowest BCUT2D eigenvalue weighted by Gasteiger charge is -2.38. The number of carboxylic acids is 1. The van der Waals surface area contributed by atoms with Crippen molar-refractivity contribution in [3.05, 3.63) is 0 Å². The molecule has 0 radical (unpaired) electrons. The van der Waals surface area contributed by atoms with Crippen LogP contribution in [0.15, 0.2) is 0 Å². The number of carbonyl (C=O) groups is 3. The molecule has 0 bridgehead atoms. The fraction of sp³-hybridized carbons (Fsp3) is 0.942. The monoisotopic (exact) mass is 899 g/mol. The maximum atomic E-state index is 12.8. The highest BCUT2D eigenvalue weighted by Gasteiger charge is 2.47. The van der Waals surface area contributed by atoms with Gasteiger partial charge in [-0.05, 0) is 12.8 Å². The molecule has 0 spiro atoms. The Bertz CT molecular complexity index is 1060. The Kier molecular flexibility index (Phi) is 40.3. The number of aliphatic carboxylic acids is 1. The van der Waals surface area contributed by atoms with Crippen LogP contribution in [0.3, 0.4) is 0 Å². The quantitative estimate of drug-likeness (QED) is 0.0339. The van der Waals surface area contributed by atoms with Gasteiger partial charge in [0.15, 0.2) is 18.5 Å². The molecule has 0 aromatic carbocycles. The van der Waals surface area contributed by atoms with E-state index >= 15 is 0 Å². The van der Waals surface area contributed by atoms with Crippen molar-refractivity contribution in [1.29, 1.82) is 0 Å². The molecule has 1 heterocycles. The largest absolute Gasteiger partial charge is 0.479 e. The standard InChI is InChI=1S/C52H98O11/c1-3-5-7-9-11-13-15-17-19-21-22-23-24-25-27-28-30-32-34-36-38-40-45(53)60-42-44(43-61-52-49(57)47(55)48(56)50(63-52)51(58)59)62-46(54)41-39-37-35-33-31-29-26-20-18-16-14-12-10-8-6-4-2/h44,47-50,52,55-57H,3-43H2,1-2H3,(H,58,59). The summed E-state index contributed by atoms with van der Waals surface area (Å²) in [6.07, 6.45) is 37.3. The van der Waals surface area contributed by atoms with Gasteiger partial charge < -0.3 is 39.4 Å². The molecule has 1 fully saturated rings. The van der Waals surface area contributed by atoms with E-state index < -0.39 is 54.7 Å².